The molecule has 0 unspecified atom stereocenters. The Kier molecular flexibility index (Phi) is 4.59. The Morgan fingerprint density at radius 1 is 1.39 bits per heavy atom. The molecular formula is C9H7F3INO4. The maximum atomic E-state index is 12.2. The van der Waals surface area contributed by atoms with Crippen LogP contribution in [0.5, 0.6) is 11.5 Å². The zero-order chi connectivity index (χ0) is 13.9. The molecule has 0 saturated heterocycles. The van der Waals surface area contributed by atoms with Gasteiger partial charge in [-0.3, -0.25) is 0 Å². The number of hydrogen-bond acceptors (Lipinski definition) is 5. The van der Waals surface area contributed by atoms with E-state index in [-0.39, 0.29) is 9.39 Å². The summed E-state index contributed by atoms with van der Waals surface area (Å²) < 4.78 is 49.6. The van der Waals surface area contributed by atoms with Gasteiger partial charge in [-0.25, -0.2) is 9.78 Å². The number of halogens is 4. The van der Waals surface area contributed by atoms with Gasteiger partial charge in [-0.15, -0.1) is 13.2 Å². The lowest BCUT2D eigenvalue weighted by atomic mass is 10.3. The lowest BCUT2D eigenvalue weighted by Gasteiger charge is -2.14. The van der Waals surface area contributed by atoms with E-state index in [1.54, 1.807) is 22.6 Å². The van der Waals surface area contributed by atoms with Crippen LogP contribution in [0, 0.1) is 3.70 Å². The average Bonchev–Trinajstić information content (AvgIpc) is 2.25. The Hall–Kier alpha value is -1.26. The molecule has 1 aromatic heterocycles. The monoisotopic (exact) mass is 377 g/mol. The predicted molar refractivity (Wildman–Crippen MR) is 61.5 cm³/mol. The second kappa shape index (κ2) is 5.59. The van der Waals surface area contributed by atoms with Crippen LogP contribution in [0.1, 0.15) is 10.5 Å². The summed E-state index contributed by atoms with van der Waals surface area (Å²) in [6, 6.07) is 0.999. The number of aromatic nitrogens is 1. The van der Waals surface area contributed by atoms with Gasteiger partial charge >= 0.3 is 12.3 Å². The van der Waals surface area contributed by atoms with Crippen LogP contribution in [-0.4, -0.2) is 31.5 Å². The first-order valence-electron chi connectivity index (χ1n) is 4.37. The summed E-state index contributed by atoms with van der Waals surface area (Å²) in [5, 5.41) is 0. The minimum absolute atomic E-state index is 0.132. The molecule has 0 bridgehead atoms. The van der Waals surface area contributed by atoms with Crippen LogP contribution in [0.4, 0.5) is 13.2 Å². The Morgan fingerprint density at radius 3 is 2.44 bits per heavy atom. The first-order chi connectivity index (χ1) is 8.28. The molecule has 0 amide bonds. The van der Waals surface area contributed by atoms with Crippen molar-refractivity contribution in [3.63, 3.8) is 0 Å². The summed E-state index contributed by atoms with van der Waals surface area (Å²) in [6.07, 6.45) is -4.90. The molecule has 0 aliphatic carbocycles. The van der Waals surface area contributed by atoms with Crippen molar-refractivity contribution in [1.82, 2.24) is 4.98 Å². The zero-order valence-corrected chi connectivity index (χ0v) is 11.3. The maximum absolute atomic E-state index is 12.2. The molecule has 0 aliphatic rings. The topological polar surface area (TPSA) is 57.7 Å². The van der Waals surface area contributed by atoms with E-state index in [4.69, 9.17) is 4.74 Å². The smallest absolute Gasteiger partial charge is 0.491 e. The van der Waals surface area contributed by atoms with E-state index in [1.807, 2.05) is 0 Å². The summed E-state index contributed by atoms with van der Waals surface area (Å²) in [6.45, 7) is 0. The minimum Gasteiger partial charge on any atom is -0.491 e. The van der Waals surface area contributed by atoms with Crippen LogP contribution in [-0.2, 0) is 4.74 Å². The number of rotatable bonds is 3. The van der Waals surface area contributed by atoms with Gasteiger partial charge in [0.15, 0.2) is 17.2 Å². The summed E-state index contributed by atoms with van der Waals surface area (Å²) in [5.41, 5.74) is -0.383. The second-order valence-corrected chi connectivity index (χ2v) is 3.97. The number of alkyl halides is 3. The van der Waals surface area contributed by atoms with E-state index in [9.17, 15) is 18.0 Å². The standard InChI is InChI=1S/C9H7F3INO4/c1-16-7-4(18-9(10,11)12)3-5(13)14-6(7)8(15)17-2/h3H,1-2H3. The first-order valence-corrected chi connectivity index (χ1v) is 5.45. The third-order valence-electron chi connectivity index (χ3n) is 1.72. The molecule has 100 valence electrons. The highest BCUT2D eigenvalue weighted by Gasteiger charge is 2.34. The van der Waals surface area contributed by atoms with Crippen molar-refractivity contribution in [2.24, 2.45) is 0 Å². The van der Waals surface area contributed by atoms with Gasteiger partial charge in [0.2, 0.25) is 0 Å². The molecule has 0 atom stereocenters. The fourth-order valence-electron chi connectivity index (χ4n) is 1.11. The van der Waals surface area contributed by atoms with E-state index in [0.29, 0.717) is 0 Å². The number of esters is 1. The predicted octanol–water partition coefficient (Wildman–Crippen LogP) is 2.38. The number of ether oxygens (including phenoxy) is 3. The molecule has 0 fully saturated rings. The number of carbonyl (C=O) groups is 1. The van der Waals surface area contributed by atoms with Gasteiger partial charge in [0, 0.05) is 6.07 Å². The maximum Gasteiger partial charge on any atom is 0.573 e. The van der Waals surface area contributed by atoms with Crippen LogP contribution in [0.3, 0.4) is 0 Å². The molecule has 0 aliphatic heterocycles. The van der Waals surface area contributed by atoms with Crippen molar-refractivity contribution in [3.05, 3.63) is 15.5 Å². The Morgan fingerprint density at radius 2 is 2.00 bits per heavy atom. The highest BCUT2D eigenvalue weighted by Crippen LogP contribution is 2.35. The van der Waals surface area contributed by atoms with Gasteiger partial charge in [-0.05, 0) is 22.6 Å². The minimum atomic E-state index is -4.90. The molecule has 1 heterocycles. The highest BCUT2D eigenvalue weighted by molar-refractivity contribution is 14.1. The third-order valence-corrected chi connectivity index (χ3v) is 2.27. The van der Waals surface area contributed by atoms with Gasteiger partial charge in [0.1, 0.15) is 3.70 Å². The molecule has 0 N–H and O–H groups in total. The first kappa shape index (κ1) is 14.8. The van der Waals surface area contributed by atoms with Crippen molar-refractivity contribution in [2.45, 2.75) is 6.36 Å². The molecule has 9 heteroatoms. The van der Waals surface area contributed by atoms with Gasteiger partial charge in [-0.2, -0.15) is 0 Å². The molecule has 1 rings (SSSR count). The molecule has 0 radical (unpaired) electrons. The van der Waals surface area contributed by atoms with E-state index in [2.05, 4.69) is 14.5 Å². The van der Waals surface area contributed by atoms with Crippen LogP contribution in [0.2, 0.25) is 0 Å². The summed E-state index contributed by atoms with van der Waals surface area (Å²) in [7, 11) is 2.17. The van der Waals surface area contributed by atoms with Crippen molar-refractivity contribution < 1.29 is 32.2 Å². The summed E-state index contributed by atoms with van der Waals surface area (Å²) in [4.78, 5) is 15.1. The van der Waals surface area contributed by atoms with Crippen molar-refractivity contribution in [1.29, 1.82) is 0 Å². The van der Waals surface area contributed by atoms with Crippen LogP contribution < -0.4 is 9.47 Å². The summed E-state index contributed by atoms with van der Waals surface area (Å²) >= 11 is 1.64. The number of pyridine rings is 1. The number of hydrogen-bond donors (Lipinski definition) is 0. The Balaban J connectivity index is 3.33. The Labute approximate surface area is 113 Å². The van der Waals surface area contributed by atoms with Gasteiger partial charge < -0.3 is 14.2 Å². The number of methoxy groups -OCH3 is 2. The third kappa shape index (κ3) is 3.62. The molecule has 0 aromatic carbocycles. The van der Waals surface area contributed by atoms with Gasteiger partial charge in [-0.1, -0.05) is 0 Å². The SMILES string of the molecule is COC(=O)c1nc(I)cc(OC(F)(F)F)c1OC. The van der Waals surface area contributed by atoms with E-state index < -0.39 is 23.8 Å². The number of nitrogens with zero attached hydrogens (tertiary/aromatic N) is 1. The van der Waals surface area contributed by atoms with Gasteiger partial charge in [0.05, 0.1) is 14.2 Å². The van der Waals surface area contributed by atoms with Crippen LogP contribution in [0.15, 0.2) is 6.07 Å². The fraction of sp³-hybridized carbons (Fsp3) is 0.333. The number of carbonyl (C=O) groups excluding carboxylic acids is 1. The highest BCUT2D eigenvalue weighted by atomic mass is 127. The Bertz CT molecular complexity index is 464. The molecule has 0 spiro atoms. The van der Waals surface area contributed by atoms with Crippen molar-refractivity contribution >= 4 is 28.6 Å². The average molecular weight is 377 g/mol. The molecule has 18 heavy (non-hydrogen) atoms. The van der Waals surface area contributed by atoms with Crippen molar-refractivity contribution in [2.75, 3.05) is 14.2 Å². The van der Waals surface area contributed by atoms with E-state index >= 15 is 0 Å². The molecule has 5 nitrogen and oxygen atoms in total. The second-order valence-electron chi connectivity index (χ2n) is 2.86. The van der Waals surface area contributed by atoms with Crippen molar-refractivity contribution in [3.8, 4) is 11.5 Å². The molecule has 0 saturated carbocycles. The zero-order valence-electron chi connectivity index (χ0n) is 9.17. The van der Waals surface area contributed by atoms with Crippen LogP contribution in [0.25, 0.3) is 0 Å². The lowest BCUT2D eigenvalue weighted by Crippen LogP contribution is -2.19. The van der Waals surface area contributed by atoms with E-state index in [0.717, 1.165) is 20.3 Å². The largest absolute Gasteiger partial charge is 0.573 e. The van der Waals surface area contributed by atoms with Crippen LogP contribution >= 0.6 is 22.6 Å². The summed E-state index contributed by atoms with van der Waals surface area (Å²) in [5.74, 6) is -2.00. The molecule has 1 aromatic rings. The normalized spacial score (nSPS) is 11.0. The van der Waals surface area contributed by atoms with E-state index in [1.165, 1.54) is 0 Å². The molecular weight excluding hydrogens is 370 g/mol. The quantitative estimate of drug-likeness (QED) is 0.460. The fourth-order valence-corrected chi connectivity index (χ4v) is 1.64. The van der Waals surface area contributed by atoms with Gasteiger partial charge in [0.25, 0.3) is 0 Å². The lowest BCUT2D eigenvalue weighted by molar-refractivity contribution is -0.275.